The molecule has 0 saturated heterocycles. The van der Waals surface area contributed by atoms with E-state index in [0.717, 1.165) is 0 Å². The van der Waals surface area contributed by atoms with Crippen molar-refractivity contribution in [3.05, 3.63) is 18.0 Å². The highest BCUT2D eigenvalue weighted by Gasteiger charge is 2.04. The van der Waals surface area contributed by atoms with E-state index < -0.39 is 5.97 Å². The van der Waals surface area contributed by atoms with Crippen molar-refractivity contribution in [3.8, 4) is 12.3 Å². The third-order valence-electron chi connectivity index (χ3n) is 1.11. The highest BCUT2D eigenvalue weighted by molar-refractivity contribution is 5.84. The Balaban J connectivity index is 2.83. The number of hydrogen-bond acceptors (Lipinski definition) is 2. The van der Waals surface area contributed by atoms with Crippen molar-refractivity contribution in [1.82, 2.24) is 9.78 Å². The molecule has 4 heteroatoms. The van der Waals surface area contributed by atoms with Gasteiger partial charge in [-0.25, -0.2) is 4.79 Å². The van der Waals surface area contributed by atoms with Crippen molar-refractivity contribution in [1.29, 1.82) is 0 Å². The second kappa shape index (κ2) is 2.88. The molecule has 56 valence electrons. The molecule has 0 bridgehead atoms. The molecule has 0 amide bonds. The number of aromatic nitrogens is 2. The van der Waals surface area contributed by atoms with Gasteiger partial charge in [0.25, 0.3) is 0 Å². The zero-order valence-corrected chi connectivity index (χ0v) is 5.69. The smallest absolute Gasteiger partial charge is 0.356 e. The Labute approximate surface area is 63.5 Å². The van der Waals surface area contributed by atoms with Crippen LogP contribution in [0.15, 0.2) is 12.3 Å². The van der Waals surface area contributed by atoms with E-state index in [1.54, 1.807) is 0 Å². The first-order valence-electron chi connectivity index (χ1n) is 2.94. The Morgan fingerprint density at radius 1 is 1.91 bits per heavy atom. The Kier molecular flexibility index (Phi) is 1.93. The molecule has 0 aliphatic heterocycles. The fraction of sp³-hybridized carbons (Fsp3) is 0.143. The minimum atomic E-state index is -1.04. The Morgan fingerprint density at radius 3 is 3.09 bits per heavy atom. The van der Waals surface area contributed by atoms with E-state index in [-0.39, 0.29) is 5.69 Å². The highest BCUT2D eigenvalue weighted by Crippen LogP contribution is 1.94. The number of aromatic carboxylic acids is 1. The average Bonchev–Trinajstić information content (AvgIpc) is 2.37. The largest absolute Gasteiger partial charge is 0.476 e. The lowest BCUT2D eigenvalue weighted by Crippen LogP contribution is -2.01. The standard InChI is InChI=1S/C7H6N2O2/c1-2-4-9-5-3-6(8-9)7(10)11/h1,3,5H,4H2,(H,10,11). The third kappa shape index (κ3) is 1.58. The van der Waals surface area contributed by atoms with Crippen molar-refractivity contribution in [2.24, 2.45) is 0 Å². The molecule has 1 aromatic rings. The molecule has 0 saturated carbocycles. The summed E-state index contributed by atoms with van der Waals surface area (Å²) in [6.45, 7) is 0.299. The number of terminal acetylenes is 1. The molecule has 0 fully saturated rings. The summed E-state index contributed by atoms with van der Waals surface area (Å²) in [7, 11) is 0. The van der Waals surface area contributed by atoms with Gasteiger partial charge in [0.05, 0.1) is 0 Å². The van der Waals surface area contributed by atoms with E-state index in [1.807, 2.05) is 0 Å². The van der Waals surface area contributed by atoms with Crippen molar-refractivity contribution in [2.45, 2.75) is 6.54 Å². The van der Waals surface area contributed by atoms with Crippen molar-refractivity contribution in [2.75, 3.05) is 0 Å². The molecule has 1 N–H and O–H groups in total. The van der Waals surface area contributed by atoms with Gasteiger partial charge in [0.1, 0.15) is 6.54 Å². The first-order valence-corrected chi connectivity index (χ1v) is 2.94. The van der Waals surface area contributed by atoms with Crippen LogP contribution >= 0.6 is 0 Å². The van der Waals surface area contributed by atoms with E-state index in [4.69, 9.17) is 11.5 Å². The second-order valence-corrected chi connectivity index (χ2v) is 1.91. The van der Waals surface area contributed by atoms with Gasteiger partial charge >= 0.3 is 5.97 Å². The van der Waals surface area contributed by atoms with Gasteiger partial charge in [0, 0.05) is 6.20 Å². The maximum atomic E-state index is 10.3. The van der Waals surface area contributed by atoms with Gasteiger partial charge in [-0.2, -0.15) is 5.10 Å². The van der Waals surface area contributed by atoms with Gasteiger partial charge in [-0.15, -0.1) is 6.42 Å². The molecule has 0 unspecified atom stereocenters. The van der Waals surface area contributed by atoms with Gasteiger partial charge in [-0.3, -0.25) is 4.68 Å². The molecule has 0 spiro atoms. The molecule has 1 aromatic heterocycles. The Hall–Kier alpha value is -1.76. The van der Waals surface area contributed by atoms with Gasteiger partial charge in [0.15, 0.2) is 5.69 Å². The monoisotopic (exact) mass is 150 g/mol. The van der Waals surface area contributed by atoms with Crippen molar-refractivity contribution >= 4 is 5.97 Å². The zero-order chi connectivity index (χ0) is 8.27. The van der Waals surface area contributed by atoms with Crippen LogP contribution in [0.5, 0.6) is 0 Å². The number of carboxylic acid groups (broad SMARTS) is 1. The number of carboxylic acids is 1. The molecular formula is C7H6N2O2. The van der Waals surface area contributed by atoms with Crippen molar-refractivity contribution in [3.63, 3.8) is 0 Å². The quantitative estimate of drug-likeness (QED) is 0.613. The number of rotatable bonds is 2. The summed E-state index contributed by atoms with van der Waals surface area (Å²) in [6.07, 6.45) is 6.52. The lowest BCUT2D eigenvalue weighted by Gasteiger charge is -1.89. The predicted octanol–water partition coefficient (Wildman–Crippen LogP) is 0.214. The molecule has 1 rings (SSSR count). The second-order valence-electron chi connectivity index (χ2n) is 1.91. The number of carbonyl (C=O) groups is 1. The third-order valence-corrected chi connectivity index (χ3v) is 1.11. The van der Waals surface area contributed by atoms with Gasteiger partial charge in [-0.1, -0.05) is 5.92 Å². The van der Waals surface area contributed by atoms with Crippen LogP contribution in [0.1, 0.15) is 10.5 Å². The molecule has 0 aromatic carbocycles. The molecule has 0 radical (unpaired) electrons. The van der Waals surface area contributed by atoms with E-state index in [0.29, 0.717) is 6.54 Å². The lowest BCUT2D eigenvalue weighted by molar-refractivity contribution is 0.0689. The van der Waals surface area contributed by atoms with Crippen LogP contribution in [-0.2, 0) is 6.54 Å². The fourth-order valence-electron chi connectivity index (χ4n) is 0.657. The molecule has 0 aliphatic carbocycles. The van der Waals surface area contributed by atoms with Crippen LogP contribution in [0.4, 0.5) is 0 Å². The summed E-state index contributed by atoms with van der Waals surface area (Å²) in [5.41, 5.74) is 0.0141. The zero-order valence-electron chi connectivity index (χ0n) is 5.69. The lowest BCUT2D eigenvalue weighted by atomic mass is 10.5. The summed E-state index contributed by atoms with van der Waals surface area (Å²) >= 11 is 0. The SMILES string of the molecule is C#CCn1ccc(C(=O)O)n1. The van der Waals surface area contributed by atoms with Gasteiger partial charge in [-0.05, 0) is 6.07 Å². The maximum Gasteiger partial charge on any atom is 0.356 e. The highest BCUT2D eigenvalue weighted by atomic mass is 16.4. The predicted molar refractivity (Wildman–Crippen MR) is 38.0 cm³/mol. The van der Waals surface area contributed by atoms with Crippen molar-refractivity contribution < 1.29 is 9.90 Å². The van der Waals surface area contributed by atoms with Crippen LogP contribution in [0.3, 0.4) is 0 Å². The van der Waals surface area contributed by atoms with Gasteiger partial charge in [0.2, 0.25) is 0 Å². The van der Waals surface area contributed by atoms with E-state index in [1.165, 1.54) is 16.9 Å². The minimum absolute atomic E-state index is 0.0141. The van der Waals surface area contributed by atoms with Crippen LogP contribution in [0, 0.1) is 12.3 Å². The summed E-state index contributed by atoms with van der Waals surface area (Å²) in [6, 6.07) is 1.40. The summed E-state index contributed by atoms with van der Waals surface area (Å²) in [4.78, 5) is 10.3. The van der Waals surface area contributed by atoms with E-state index >= 15 is 0 Å². The average molecular weight is 150 g/mol. The van der Waals surface area contributed by atoms with Crippen LogP contribution in [0.25, 0.3) is 0 Å². The summed E-state index contributed by atoms with van der Waals surface area (Å²) in [5.74, 6) is 1.30. The topological polar surface area (TPSA) is 55.1 Å². The molecule has 0 aliphatic rings. The first-order chi connectivity index (χ1) is 5.24. The fourth-order valence-corrected chi connectivity index (χ4v) is 0.657. The van der Waals surface area contributed by atoms with E-state index in [9.17, 15) is 4.79 Å². The summed E-state index contributed by atoms with van der Waals surface area (Å²) in [5, 5.41) is 12.1. The molecule has 4 nitrogen and oxygen atoms in total. The normalized spacial score (nSPS) is 9.00. The maximum absolute atomic E-state index is 10.3. The molecule has 0 atom stereocenters. The van der Waals surface area contributed by atoms with E-state index in [2.05, 4.69) is 11.0 Å². The first kappa shape index (κ1) is 7.35. The molecule has 11 heavy (non-hydrogen) atoms. The van der Waals surface area contributed by atoms with Crippen LogP contribution < -0.4 is 0 Å². The number of hydrogen-bond donors (Lipinski definition) is 1. The summed E-state index contributed by atoms with van der Waals surface area (Å²) < 4.78 is 1.39. The van der Waals surface area contributed by atoms with Crippen LogP contribution in [0.2, 0.25) is 0 Å². The minimum Gasteiger partial charge on any atom is -0.476 e. The Morgan fingerprint density at radius 2 is 2.64 bits per heavy atom. The van der Waals surface area contributed by atoms with Crippen LogP contribution in [-0.4, -0.2) is 20.9 Å². The Bertz CT molecular complexity index is 308. The molecule has 1 heterocycles. The van der Waals surface area contributed by atoms with Gasteiger partial charge < -0.3 is 5.11 Å². The number of nitrogens with zero attached hydrogens (tertiary/aromatic N) is 2. The molecular weight excluding hydrogens is 144 g/mol.